The molecule has 0 amide bonds. The van der Waals surface area contributed by atoms with Crippen molar-refractivity contribution in [1.29, 1.82) is 0 Å². The van der Waals surface area contributed by atoms with Gasteiger partial charge in [0.25, 0.3) is 0 Å². The van der Waals surface area contributed by atoms with Gasteiger partial charge in [-0.2, -0.15) is 0 Å². The zero-order chi connectivity index (χ0) is 10.8. The third-order valence-electron chi connectivity index (χ3n) is 2.51. The van der Waals surface area contributed by atoms with E-state index in [1.54, 1.807) is 6.08 Å². The summed E-state index contributed by atoms with van der Waals surface area (Å²) < 4.78 is 19.1. The van der Waals surface area contributed by atoms with Crippen LogP contribution in [0.25, 0.3) is 0 Å². The highest BCUT2D eigenvalue weighted by atomic mass is 19.1. The van der Waals surface area contributed by atoms with Gasteiger partial charge in [-0.3, -0.25) is 0 Å². The Morgan fingerprint density at radius 2 is 2.29 bits per heavy atom. The van der Waals surface area contributed by atoms with E-state index in [1.807, 2.05) is 27.8 Å². The monoisotopic (exact) mass is 201 g/mol. The molecule has 1 heterocycles. The van der Waals surface area contributed by atoms with E-state index in [9.17, 15) is 4.39 Å². The van der Waals surface area contributed by atoms with E-state index in [1.165, 1.54) is 0 Å². The normalized spacial score (nSPS) is 29.4. The van der Waals surface area contributed by atoms with Gasteiger partial charge in [-0.05, 0) is 33.9 Å². The first-order valence-corrected chi connectivity index (χ1v) is 5.10. The third kappa shape index (κ3) is 2.79. The summed E-state index contributed by atoms with van der Waals surface area (Å²) in [6.45, 7) is 7.73. The van der Waals surface area contributed by atoms with Crippen LogP contribution in [0, 0.1) is 5.41 Å². The van der Waals surface area contributed by atoms with Crippen LogP contribution in [0.5, 0.6) is 0 Å². The Morgan fingerprint density at radius 1 is 1.64 bits per heavy atom. The summed E-state index contributed by atoms with van der Waals surface area (Å²) in [4.78, 5) is 2.10. The summed E-state index contributed by atoms with van der Waals surface area (Å²) in [6, 6.07) is 0. The van der Waals surface area contributed by atoms with Crippen molar-refractivity contribution in [1.82, 2.24) is 4.90 Å². The van der Waals surface area contributed by atoms with E-state index in [4.69, 9.17) is 4.74 Å². The Balaban J connectivity index is 2.61. The molecule has 0 aliphatic carbocycles. The Hall–Kier alpha value is -0.410. The SMILES string of the molecule is CC(C)OC[C@]1(C)CN(C)CC=C1F. The van der Waals surface area contributed by atoms with Crippen LogP contribution >= 0.6 is 0 Å². The number of hydrogen-bond donors (Lipinski definition) is 0. The molecule has 3 heteroatoms. The summed E-state index contributed by atoms with van der Waals surface area (Å²) in [6.07, 6.45) is 1.81. The molecule has 0 fully saturated rings. The number of ether oxygens (including phenoxy) is 1. The zero-order valence-corrected chi connectivity index (χ0v) is 9.51. The molecule has 0 spiro atoms. The second kappa shape index (κ2) is 4.41. The molecule has 0 N–H and O–H groups in total. The first kappa shape index (κ1) is 11.7. The van der Waals surface area contributed by atoms with Crippen LogP contribution < -0.4 is 0 Å². The minimum Gasteiger partial charge on any atom is -0.378 e. The lowest BCUT2D eigenvalue weighted by atomic mass is 9.87. The van der Waals surface area contributed by atoms with Crippen LogP contribution in [0.2, 0.25) is 0 Å². The fourth-order valence-corrected chi connectivity index (χ4v) is 1.68. The van der Waals surface area contributed by atoms with Gasteiger partial charge in [0.05, 0.1) is 18.1 Å². The van der Waals surface area contributed by atoms with Crippen molar-refractivity contribution in [2.24, 2.45) is 5.41 Å². The van der Waals surface area contributed by atoms with E-state index in [2.05, 4.69) is 4.90 Å². The fraction of sp³-hybridized carbons (Fsp3) is 0.818. The molecule has 2 nitrogen and oxygen atoms in total. The van der Waals surface area contributed by atoms with Crippen molar-refractivity contribution in [3.63, 3.8) is 0 Å². The van der Waals surface area contributed by atoms with Crippen molar-refractivity contribution in [2.75, 3.05) is 26.7 Å². The highest BCUT2D eigenvalue weighted by Gasteiger charge is 2.34. The number of rotatable bonds is 3. The molecular formula is C11H20FNO. The average molecular weight is 201 g/mol. The lowest BCUT2D eigenvalue weighted by Gasteiger charge is -2.36. The summed E-state index contributed by atoms with van der Waals surface area (Å²) >= 11 is 0. The van der Waals surface area contributed by atoms with Crippen molar-refractivity contribution in [3.8, 4) is 0 Å². The van der Waals surface area contributed by atoms with Gasteiger partial charge in [0, 0.05) is 13.1 Å². The summed E-state index contributed by atoms with van der Waals surface area (Å²) in [5.41, 5.74) is -0.461. The van der Waals surface area contributed by atoms with E-state index in [-0.39, 0.29) is 11.9 Å². The molecule has 0 aromatic carbocycles. The molecule has 14 heavy (non-hydrogen) atoms. The topological polar surface area (TPSA) is 12.5 Å². The quantitative estimate of drug-likeness (QED) is 0.694. The third-order valence-corrected chi connectivity index (χ3v) is 2.51. The molecule has 0 bridgehead atoms. The predicted octanol–water partition coefficient (Wildman–Crippen LogP) is 2.22. The van der Waals surface area contributed by atoms with Crippen LogP contribution in [-0.4, -0.2) is 37.7 Å². The first-order chi connectivity index (χ1) is 6.44. The van der Waals surface area contributed by atoms with Gasteiger partial charge in [0.2, 0.25) is 0 Å². The molecule has 0 saturated heterocycles. The smallest absolute Gasteiger partial charge is 0.107 e. The van der Waals surface area contributed by atoms with Gasteiger partial charge >= 0.3 is 0 Å². The number of halogens is 1. The Labute approximate surface area is 85.7 Å². The first-order valence-electron chi connectivity index (χ1n) is 5.10. The maximum absolute atomic E-state index is 13.6. The van der Waals surface area contributed by atoms with E-state index in [0.717, 1.165) is 6.54 Å². The summed E-state index contributed by atoms with van der Waals surface area (Å²) in [7, 11) is 2.00. The van der Waals surface area contributed by atoms with Gasteiger partial charge in [-0.25, -0.2) is 4.39 Å². The molecule has 0 aromatic heterocycles. The van der Waals surface area contributed by atoms with Gasteiger partial charge in [-0.1, -0.05) is 0 Å². The van der Waals surface area contributed by atoms with Crippen molar-refractivity contribution in [3.05, 3.63) is 11.9 Å². The number of likely N-dealkylation sites (N-methyl/N-ethyl adjacent to an activating group) is 1. The molecule has 0 saturated carbocycles. The molecular weight excluding hydrogens is 181 g/mol. The average Bonchev–Trinajstić information content (AvgIpc) is 2.09. The summed E-state index contributed by atoms with van der Waals surface area (Å²) in [5.74, 6) is -0.0312. The molecule has 0 radical (unpaired) electrons. The number of hydrogen-bond acceptors (Lipinski definition) is 2. The molecule has 1 aliphatic heterocycles. The van der Waals surface area contributed by atoms with Crippen LogP contribution in [-0.2, 0) is 4.74 Å². The van der Waals surface area contributed by atoms with Gasteiger partial charge in [-0.15, -0.1) is 0 Å². The van der Waals surface area contributed by atoms with Gasteiger partial charge in [0.15, 0.2) is 0 Å². The molecule has 1 rings (SSSR count). The standard InChI is InChI=1S/C11H20FNO/c1-9(2)14-8-11(3)7-13(4)6-5-10(11)12/h5,9H,6-8H2,1-4H3/t11-/m0/s1. The van der Waals surface area contributed by atoms with Crippen LogP contribution in [0.1, 0.15) is 20.8 Å². The Morgan fingerprint density at radius 3 is 2.86 bits per heavy atom. The predicted molar refractivity (Wildman–Crippen MR) is 55.9 cm³/mol. The van der Waals surface area contributed by atoms with E-state index >= 15 is 0 Å². The maximum atomic E-state index is 13.6. The highest BCUT2D eigenvalue weighted by molar-refractivity contribution is 5.11. The lowest BCUT2D eigenvalue weighted by Crippen LogP contribution is -2.41. The molecule has 82 valence electrons. The Bertz CT molecular complexity index is 227. The summed E-state index contributed by atoms with van der Waals surface area (Å²) in [5, 5.41) is 0. The van der Waals surface area contributed by atoms with Gasteiger partial charge in [0.1, 0.15) is 5.83 Å². The zero-order valence-electron chi connectivity index (χ0n) is 9.51. The van der Waals surface area contributed by atoms with Crippen LogP contribution in [0.4, 0.5) is 4.39 Å². The van der Waals surface area contributed by atoms with Crippen molar-refractivity contribution >= 4 is 0 Å². The van der Waals surface area contributed by atoms with E-state index < -0.39 is 5.41 Å². The van der Waals surface area contributed by atoms with Crippen molar-refractivity contribution < 1.29 is 9.13 Å². The largest absolute Gasteiger partial charge is 0.378 e. The van der Waals surface area contributed by atoms with Crippen LogP contribution in [0.15, 0.2) is 11.9 Å². The van der Waals surface area contributed by atoms with Gasteiger partial charge < -0.3 is 9.64 Å². The molecule has 0 unspecified atom stereocenters. The lowest BCUT2D eigenvalue weighted by molar-refractivity contribution is 0.00488. The Kier molecular flexibility index (Phi) is 3.67. The fourth-order valence-electron chi connectivity index (χ4n) is 1.68. The molecule has 1 atom stereocenters. The number of nitrogens with zero attached hydrogens (tertiary/aromatic N) is 1. The second-order valence-corrected chi connectivity index (χ2v) is 4.67. The van der Waals surface area contributed by atoms with Crippen LogP contribution in [0.3, 0.4) is 0 Å². The molecule has 1 aliphatic rings. The highest BCUT2D eigenvalue weighted by Crippen LogP contribution is 2.32. The maximum Gasteiger partial charge on any atom is 0.107 e. The molecule has 0 aromatic rings. The minimum absolute atomic E-state index is 0.0312. The second-order valence-electron chi connectivity index (χ2n) is 4.67. The minimum atomic E-state index is -0.461. The van der Waals surface area contributed by atoms with Crippen molar-refractivity contribution in [2.45, 2.75) is 26.9 Å². The van der Waals surface area contributed by atoms with E-state index in [0.29, 0.717) is 13.2 Å².